The van der Waals surface area contributed by atoms with E-state index in [-0.39, 0.29) is 5.03 Å². The van der Waals surface area contributed by atoms with Gasteiger partial charge in [-0.25, -0.2) is 4.79 Å². The molecule has 5 atom stereocenters. The van der Waals surface area contributed by atoms with Crippen LogP contribution in [0.3, 0.4) is 0 Å². The van der Waals surface area contributed by atoms with E-state index in [0.717, 1.165) is 23.7 Å². The lowest BCUT2D eigenvalue weighted by Crippen LogP contribution is -2.28. The van der Waals surface area contributed by atoms with Gasteiger partial charge in [-0.05, 0) is 55.3 Å². The first kappa shape index (κ1) is 11.6. The Hall–Kier alpha value is -0.500. The summed E-state index contributed by atoms with van der Waals surface area (Å²) >= 11 is 5.51. The van der Waals surface area contributed by atoms with Crippen LogP contribution in [0.4, 0.5) is 0 Å². The van der Waals surface area contributed by atoms with Gasteiger partial charge in [0.1, 0.15) is 5.03 Å². The van der Waals surface area contributed by atoms with Gasteiger partial charge in [0.05, 0.1) is 6.61 Å². The highest BCUT2D eigenvalue weighted by Crippen LogP contribution is 2.60. The Balaban J connectivity index is 1.57. The fraction of sp³-hybridized carbons (Fsp3) is 0.786. The van der Waals surface area contributed by atoms with Gasteiger partial charge in [0.15, 0.2) is 0 Å². The third kappa shape index (κ3) is 1.91. The Morgan fingerprint density at radius 2 is 2.00 bits per heavy atom. The van der Waals surface area contributed by atoms with Gasteiger partial charge in [-0.15, -0.1) is 0 Å². The molecule has 0 spiro atoms. The molecule has 3 aliphatic carbocycles. The van der Waals surface area contributed by atoms with Crippen molar-refractivity contribution in [3.8, 4) is 0 Å². The molecule has 17 heavy (non-hydrogen) atoms. The molecule has 0 aliphatic heterocycles. The lowest BCUT2D eigenvalue weighted by atomic mass is 9.76. The zero-order valence-electron chi connectivity index (χ0n) is 10.0. The SMILES string of the molecule is C=C(Cl)C(=O)OCC1CC2CC1C1CCCC21. The normalized spacial score (nSPS) is 42.5. The van der Waals surface area contributed by atoms with Crippen molar-refractivity contribution in [1.82, 2.24) is 0 Å². The van der Waals surface area contributed by atoms with Crippen LogP contribution in [0.15, 0.2) is 11.6 Å². The molecule has 3 heteroatoms. The molecule has 0 N–H and O–H groups in total. The lowest BCUT2D eigenvalue weighted by molar-refractivity contribution is -0.140. The van der Waals surface area contributed by atoms with Crippen molar-refractivity contribution in [1.29, 1.82) is 0 Å². The number of hydrogen-bond donors (Lipinski definition) is 0. The highest BCUT2D eigenvalue weighted by Gasteiger charge is 2.53. The minimum atomic E-state index is -0.447. The van der Waals surface area contributed by atoms with Gasteiger partial charge in [0.2, 0.25) is 0 Å². The summed E-state index contributed by atoms with van der Waals surface area (Å²) in [5.41, 5.74) is 0. The number of ether oxygens (including phenoxy) is 1. The Morgan fingerprint density at radius 1 is 1.24 bits per heavy atom. The smallest absolute Gasteiger partial charge is 0.349 e. The molecule has 2 bridgehead atoms. The Morgan fingerprint density at radius 3 is 2.76 bits per heavy atom. The van der Waals surface area contributed by atoms with Crippen LogP contribution in [-0.4, -0.2) is 12.6 Å². The zero-order valence-corrected chi connectivity index (χ0v) is 10.8. The summed E-state index contributed by atoms with van der Waals surface area (Å²) in [6, 6.07) is 0. The number of carbonyl (C=O) groups is 1. The van der Waals surface area contributed by atoms with E-state index in [1.165, 1.54) is 32.1 Å². The first-order chi connectivity index (χ1) is 8.16. The van der Waals surface area contributed by atoms with Crippen molar-refractivity contribution >= 4 is 17.6 Å². The van der Waals surface area contributed by atoms with Crippen LogP contribution in [-0.2, 0) is 9.53 Å². The molecule has 0 radical (unpaired) electrons. The van der Waals surface area contributed by atoms with Crippen molar-refractivity contribution in [2.24, 2.45) is 29.6 Å². The number of hydrogen-bond acceptors (Lipinski definition) is 2. The van der Waals surface area contributed by atoms with Crippen molar-refractivity contribution in [3.05, 3.63) is 11.6 Å². The summed E-state index contributed by atoms with van der Waals surface area (Å²) in [6.07, 6.45) is 6.88. The highest BCUT2D eigenvalue weighted by molar-refractivity contribution is 6.40. The van der Waals surface area contributed by atoms with Gasteiger partial charge >= 0.3 is 5.97 Å². The van der Waals surface area contributed by atoms with Crippen molar-refractivity contribution in [2.75, 3.05) is 6.61 Å². The van der Waals surface area contributed by atoms with Crippen molar-refractivity contribution < 1.29 is 9.53 Å². The summed E-state index contributed by atoms with van der Waals surface area (Å²) in [5, 5.41) is -0.00750. The Bertz CT molecular complexity index is 352. The standard InChI is InChI=1S/C14H19ClO2/c1-8(15)14(16)17-7-10-5-9-6-13(10)12-4-2-3-11(9)12/h9-13H,1-7H2. The number of fused-ring (bicyclic) bond motifs is 5. The van der Waals surface area contributed by atoms with E-state index in [2.05, 4.69) is 6.58 Å². The van der Waals surface area contributed by atoms with Crippen LogP contribution in [0.2, 0.25) is 0 Å². The highest BCUT2D eigenvalue weighted by atomic mass is 35.5. The molecular weight excluding hydrogens is 236 g/mol. The molecule has 2 nitrogen and oxygen atoms in total. The van der Waals surface area contributed by atoms with E-state index in [1.807, 2.05) is 0 Å². The quantitative estimate of drug-likeness (QED) is 0.570. The van der Waals surface area contributed by atoms with E-state index in [0.29, 0.717) is 12.5 Å². The van der Waals surface area contributed by atoms with Crippen molar-refractivity contribution in [3.63, 3.8) is 0 Å². The topological polar surface area (TPSA) is 26.3 Å². The zero-order chi connectivity index (χ0) is 12.0. The molecule has 0 aromatic heterocycles. The fourth-order valence-corrected chi connectivity index (χ4v) is 4.72. The molecule has 3 saturated carbocycles. The number of esters is 1. The third-order valence-corrected chi connectivity index (χ3v) is 5.37. The van der Waals surface area contributed by atoms with Gasteiger partial charge in [0.25, 0.3) is 0 Å². The summed E-state index contributed by atoms with van der Waals surface area (Å²) in [6.45, 7) is 3.94. The average Bonchev–Trinajstić information content (AvgIpc) is 2.96. The average molecular weight is 255 g/mol. The van der Waals surface area contributed by atoms with E-state index in [4.69, 9.17) is 16.3 Å². The van der Waals surface area contributed by atoms with Gasteiger partial charge in [-0.1, -0.05) is 24.6 Å². The molecule has 94 valence electrons. The summed E-state index contributed by atoms with van der Waals surface area (Å²) < 4.78 is 5.22. The molecule has 0 aromatic rings. The molecule has 3 fully saturated rings. The molecule has 0 saturated heterocycles. The maximum Gasteiger partial charge on any atom is 0.349 e. The molecule has 3 aliphatic rings. The second-order valence-corrected chi connectivity index (χ2v) is 6.37. The first-order valence-corrected chi connectivity index (χ1v) is 7.06. The van der Waals surface area contributed by atoms with Crippen LogP contribution in [0, 0.1) is 29.6 Å². The molecule has 0 heterocycles. The van der Waals surface area contributed by atoms with E-state index in [9.17, 15) is 4.79 Å². The van der Waals surface area contributed by atoms with Crippen LogP contribution >= 0.6 is 11.6 Å². The van der Waals surface area contributed by atoms with E-state index < -0.39 is 5.97 Å². The second-order valence-electron chi connectivity index (χ2n) is 5.92. The van der Waals surface area contributed by atoms with Crippen molar-refractivity contribution in [2.45, 2.75) is 32.1 Å². The van der Waals surface area contributed by atoms with Crippen LogP contribution in [0.1, 0.15) is 32.1 Å². The maximum atomic E-state index is 11.3. The Kier molecular flexibility index (Phi) is 2.94. The molecule has 3 rings (SSSR count). The number of halogens is 1. The monoisotopic (exact) mass is 254 g/mol. The molecule has 0 amide bonds. The fourth-order valence-electron chi connectivity index (χ4n) is 4.66. The number of rotatable bonds is 3. The molecule has 0 aromatic carbocycles. The van der Waals surface area contributed by atoms with E-state index >= 15 is 0 Å². The Labute approximate surface area is 107 Å². The third-order valence-electron chi connectivity index (χ3n) is 5.22. The van der Waals surface area contributed by atoms with Gasteiger partial charge in [-0.2, -0.15) is 0 Å². The van der Waals surface area contributed by atoms with Crippen LogP contribution < -0.4 is 0 Å². The van der Waals surface area contributed by atoms with Gasteiger partial charge in [-0.3, -0.25) is 0 Å². The lowest BCUT2D eigenvalue weighted by Gasteiger charge is -2.31. The first-order valence-electron chi connectivity index (χ1n) is 6.68. The predicted molar refractivity (Wildman–Crippen MR) is 66.5 cm³/mol. The minimum Gasteiger partial charge on any atom is -0.461 e. The van der Waals surface area contributed by atoms with Crippen LogP contribution in [0.5, 0.6) is 0 Å². The van der Waals surface area contributed by atoms with E-state index in [1.54, 1.807) is 0 Å². The second kappa shape index (κ2) is 4.31. The van der Waals surface area contributed by atoms with Gasteiger partial charge < -0.3 is 4.74 Å². The summed E-state index contributed by atoms with van der Waals surface area (Å²) in [7, 11) is 0. The maximum absolute atomic E-state index is 11.3. The predicted octanol–water partition coefficient (Wildman–Crippen LogP) is 3.35. The van der Waals surface area contributed by atoms with Gasteiger partial charge in [0, 0.05) is 0 Å². The summed E-state index contributed by atoms with van der Waals surface area (Å²) in [4.78, 5) is 11.3. The molecule has 5 unspecified atom stereocenters. The summed E-state index contributed by atoms with van der Waals surface area (Å²) in [5.74, 6) is 3.78. The largest absolute Gasteiger partial charge is 0.461 e. The number of carbonyl (C=O) groups excluding carboxylic acids is 1. The minimum absolute atomic E-state index is 0.00750. The molecular formula is C14H19ClO2. The van der Waals surface area contributed by atoms with Crippen LogP contribution in [0.25, 0.3) is 0 Å².